The lowest BCUT2D eigenvalue weighted by Crippen LogP contribution is -2.37. The molecular formula is C14H19N5. The lowest BCUT2D eigenvalue weighted by molar-refractivity contribution is 0.565. The standard InChI is InChI=1S/C14H19N5/c1-3-7-12-11(2)16-14(18-8-5-4-6-9-18)19-10-15-17-13(12)19/h7,10H,2-6,8-9H2,1H3/b12-7+. The number of fused-ring (bicyclic) bond motifs is 1. The van der Waals surface area contributed by atoms with E-state index in [4.69, 9.17) is 0 Å². The molecule has 0 aromatic carbocycles. The van der Waals surface area contributed by atoms with Crippen LogP contribution in [0.3, 0.4) is 0 Å². The van der Waals surface area contributed by atoms with Crippen LogP contribution in [0.5, 0.6) is 0 Å². The summed E-state index contributed by atoms with van der Waals surface area (Å²) in [6.45, 7) is 8.28. The van der Waals surface area contributed by atoms with Crippen molar-refractivity contribution in [1.29, 1.82) is 0 Å². The Labute approximate surface area is 112 Å². The first-order chi connectivity index (χ1) is 9.31. The van der Waals surface area contributed by atoms with Crippen LogP contribution in [0, 0.1) is 0 Å². The summed E-state index contributed by atoms with van der Waals surface area (Å²) in [5, 5.41) is 10.1. The summed E-state index contributed by atoms with van der Waals surface area (Å²) in [6, 6.07) is 0. The molecule has 1 saturated heterocycles. The fourth-order valence-corrected chi connectivity index (χ4v) is 2.66. The zero-order valence-corrected chi connectivity index (χ0v) is 11.3. The third kappa shape index (κ3) is 2.09. The Morgan fingerprint density at radius 1 is 1.32 bits per heavy atom. The summed E-state index contributed by atoms with van der Waals surface area (Å²) in [6.07, 6.45) is 8.55. The molecule has 0 aliphatic carbocycles. The van der Waals surface area contributed by atoms with Crippen LogP contribution in [-0.2, 0) is 0 Å². The molecule has 0 unspecified atom stereocenters. The van der Waals surface area contributed by atoms with E-state index in [2.05, 4.69) is 39.7 Å². The molecule has 19 heavy (non-hydrogen) atoms. The summed E-state index contributed by atoms with van der Waals surface area (Å²) in [5.74, 6) is 0.929. The molecule has 1 aliphatic heterocycles. The smallest absolute Gasteiger partial charge is 0.213 e. The number of hydrogen-bond acceptors (Lipinski definition) is 4. The van der Waals surface area contributed by atoms with E-state index in [1.54, 1.807) is 6.33 Å². The minimum Gasteiger partial charge on any atom is -0.342 e. The van der Waals surface area contributed by atoms with Crippen LogP contribution >= 0.6 is 0 Å². The van der Waals surface area contributed by atoms with Gasteiger partial charge in [-0.05, 0) is 25.7 Å². The summed E-state index contributed by atoms with van der Waals surface area (Å²) in [4.78, 5) is 6.99. The first kappa shape index (κ1) is 12.1. The minimum absolute atomic E-state index is 0.794. The van der Waals surface area contributed by atoms with Gasteiger partial charge < -0.3 is 4.90 Å². The molecule has 5 heteroatoms. The van der Waals surface area contributed by atoms with E-state index in [9.17, 15) is 0 Å². The Kier molecular flexibility index (Phi) is 3.19. The fourth-order valence-electron chi connectivity index (χ4n) is 2.66. The molecule has 100 valence electrons. The quantitative estimate of drug-likeness (QED) is 0.795. The summed E-state index contributed by atoms with van der Waals surface area (Å²) >= 11 is 0. The molecule has 1 aliphatic rings. The predicted molar refractivity (Wildman–Crippen MR) is 76.4 cm³/mol. The van der Waals surface area contributed by atoms with Gasteiger partial charge in [-0.1, -0.05) is 19.6 Å². The van der Waals surface area contributed by atoms with E-state index in [-0.39, 0.29) is 0 Å². The molecule has 0 saturated carbocycles. The zero-order valence-electron chi connectivity index (χ0n) is 11.3. The topological polar surface area (TPSA) is 46.3 Å². The molecule has 3 rings (SSSR count). The molecule has 0 bridgehead atoms. The molecule has 3 heterocycles. The highest BCUT2D eigenvalue weighted by Gasteiger charge is 2.16. The Morgan fingerprint density at radius 2 is 2.11 bits per heavy atom. The van der Waals surface area contributed by atoms with Gasteiger partial charge in [-0.15, -0.1) is 10.2 Å². The van der Waals surface area contributed by atoms with Crippen molar-refractivity contribution in [2.45, 2.75) is 32.6 Å². The average molecular weight is 257 g/mol. The van der Waals surface area contributed by atoms with E-state index >= 15 is 0 Å². The summed E-state index contributed by atoms with van der Waals surface area (Å²) < 4.78 is 1.99. The van der Waals surface area contributed by atoms with E-state index in [1.165, 1.54) is 19.3 Å². The van der Waals surface area contributed by atoms with E-state index in [0.29, 0.717) is 0 Å². The molecule has 5 nitrogen and oxygen atoms in total. The van der Waals surface area contributed by atoms with Gasteiger partial charge in [0.1, 0.15) is 6.33 Å². The number of rotatable bonds is 2. The molecule has 0 amide bonds. The van der Waals surface area contributed by atoms with E-state index in [1.807, 2.05) is 4.40 Å². The fraction of sp³-hybridized carbons (Fsp3) is 0.500. The Hall–Kier alpha value is -1.91. The van der Waals surface area contributed by atoms with Crippen LogP contribution in [-0.4, -0.2) is 32.7 Å². The van der Waals surface area contributed by atoms with Gasteiger partial charge in [0.2, 0.25) is 5.95 Å². The van der Waals surface area contributed by atoms with Crippen LogP contribution < -0.4 is 15.5 Å². The summed E-state index contributed by atoms with van der Waals surface area (Å²) in [7, 11) is 0. The maximum Gasteiger partial charge on any atom is 0.213 e. The van der Waals surface area contributed by atoms with Crippen molar-refractivity contribution < 1.29 is 0 Å². The first-order valence-electron chi connectivity index (χ1n) is 6.95. The maximum atomic E-state index is 4.68. The zero-order chi connectivity index (χ0) is 13.2. The molecule has 0 atom stereocenters. The number of nitrogens with zero attached hydrogens (tertiary/aromatic N) is 5. The second-order valence-corrected chi connectivity index (χ2v) is 4.96. The van der Waals surface area contributed by atoms with Gasteiger partial charge in [-0.3, -0.25) is 4.40 Å². The molecular weight excluding hydrogens is 238 g/mol. The minimum atomic E-state index is 0.794. The van der Waals surface area contributed by atoms with Crippen molar-refractivity contribution in [3.8, 4) is 0 Å². The molecule has 0 radical (unpaired) electrons. The van der Waals surface area contributed by atoms with Gasteiger partial charge >= 0.3 is 0 Å². The second-order valence-electron chi connectivity index (χ2n) is 4.96. The highest BCUT2D eigenvalue weighted by Crippen LogP contribution is 2.15. The second kappa shape index (κ2) is 4.99. The first-order valence-corrected chi connectivity index (χ1v) is 6.95. The average Bonchev–Trinajstić information content (AvgIpc) is 2.92. The Bertz CT molecular complexity index is 682. The number of hydrogen-bond donors (Lipinski definition) is 0. The van der Waals surface area contributed by atoms with Gasteiger partial charge in [0, 0.05) is 18.3 Å². The Morgan fingerprint density at radius 3 is 2.84 bits per heavy atom. The molecule has 2 aromatic rings. The van der Waals surface area contributed by atoms with Crippen LogP contribution in [0.4, 0.5) is 5.95 Å². The van der Waals surface area contributed by atoms with Gasteiger partial charge in [0.05, 0.1) is 5.35 Å². The SMILES string of the molecule is C=c1nc(N2CCCCC2)n2cnnc2/c1=C/CC. The van der Waals surface area contributed by atoms with Crippen molar-refractivity contribution in [3.05, 3.63) is 16.9 Å². The number of anilines is 1. The maximum absolute atomic E-state index is 4.68. The van der Waals surface area contributed by atoms with Crippen LogP contribution in [0.2, 0.25) is 0 Å². The predicted octanol–water partition coefficient (Wildman–Crippen LogP) is 0.715. The highest BCUT2D eigenvalue weighted by molar-refractivity contribution is 5.50. The summed E-state index contributed by atoms with van der Waals surface area (Å²) in [5.41, 5.74) is 0.863. The normalized spacial score (nSPS) is 17.3. The van der Waals surface area contributed by atoms with E-state index < -0.39 is 0 Å². The van der Waals surface area contributed by atoms with Crippen LogP contribution in [0.25, 0.3) is 18.3 Å². The van der Waals surface area contributed by atoms with Crippen molar-refractivity contribution >= 4 is 24.3 Å². The molecule has 0 spiro atoms. The van der Waals surface area contributed by atoms with Crippen molar-refractivity contribution in [3.63, 3.8) is 0 Å². The molecule has 1 fully saturated rings. The van der Waals surface area contributed by atoms with Crippen molar-refractivity contribution in [2.75, 3.05) is 18.0 Å². The van der Waals surface area contributed by atoms with Gasteiger partial charge in [-0.2, -0.15) is 0 Å². The lowest BCUT2D eigenvalue weighted by atomic mass is 10.1. The molecule has 2 aromatic heterocycles. The van der Waals surface area contributed by atoms with Crippen LogP contribution in [0.1, 0.15) is 32.6 Å². The number of piperidine rings is 1. The largest absolute Gasteiger partial charge is 0.342 e. The van der Waals surface area contributed by atoms with Gasteiger partial charge in [-0.25, -0.2) is 4.98 Å². The Balaban J connectivity index is 2.21. The number of aromatic nitrogens is 4. The van der Waals surface area contributed by atoms with Crippen LogP contribution in [0.15, 0.2) is 6.33 Å². The molecule has 0 N–H and O–H groups in total. The van der Waals surface area contributed by atoms with Crippen molar-refractivity contribution in [1.82, 2.24) is 19.6 Å². The third-order valence-electron chi connectivity index (χ3n) is 3.60. The monoisotopic (exact) mass is 257 g/mol. The third-order valence-corrected chi connectivity index (χ3v) is 3.60. The van der Waals surface area contributed by atoms with Gasteiger partial charge in [0.25, 0.3) is 0 Å². The van der Waals surface area contributed by atoms with E-state index in [0.717, 1.165) is 41.7 Å². The van der Waals surface area contributed by atoms with Crippen molar-refractivity contribution in [2.24, 2.45) is 0 Å². The lowest BCUT2D eigenvalue weighted by Gasteiger charge is -2.27. The highest BCUT2D eigenvalue weighted by atomic mass is 15.3. The van der Waals surface area contributed by atoms with Gasteiger partial charge in [0.15, 0.2) is 5.65 Å².